The number of anilines is 1. The number of nitro groups is 1. The molecule has 0 saturated carbocycles. The second-order valence-corrected chi connectivity index (χ2v) is 10.4. The Morgan fingerprint density at radius 3 is 2.21 bits per heavy atom. The quantitative estimate of drug-likeness (QED) is 0.184. The van der Waals surface area contributed by atoms with Crippen molar-refractivity contribution in [3.05, 3.63) is 105 Å². The van der Waals surface area contributed by atoms with Gasteiger partial charge < -0.3 is 14.7 Å². The molecular weight excluding hydrogens is 545 g/mol. The van der Waals surface area contributed by atoms with E-state index in [0.29, 0.717) is 44.7 Å². The first kappa shape index (κ1) is 28.7. The Labute approximate surface area is 240 Å². The SMILES string of the molecule is O=C(c1cccc([N+](=O)[O-])c1)C(C(=O)N1CCC(C(=O)N2CCN(c3ccccc3F)CC2)CC1)n1ccccc1=O. The van der Waals surface area contributed by atoms with Crippen molar-refractivity contribution in [1.29, 1.82) is 0 Å². The van der Waals surface area contributed by atoms with Crippen LogP contribution in [0.3, 0.4) is 0 Å². The Hall–Kier alpha value is -4.87. The van der Waals surface area contributed by atoms with Crippen molar-refractivity contribution < 1.29 is 23.7 Å². The molecule has 12 heteroatoms. The topological polar surface area (TPSA) is 126 Å². The number of nitro benzene ring substituents is 1. The molecule has 11 nitrogen and oxygen atoms in total. The van der Waals surface area contributed by atoms with Crippen molar-refractivity contribution in [3.8, 4) is 0 Å². The van der Waals surface area contributed by atoms with E-state index in [1.165, 1.54) is 53.6 Å². The van der Waals surface area contributed by atoms with Gasteiger partial charge in [-0.15, -0.1) is 0 Å². The van der Waals surface area contributed by atoms with E-state index < -0.39 is 28.2 Å². The number of non-ortho nitro benzene ring substituents is 1. The van der Waals surface area contributed by atoms with Crippen LogP contribution in [0.5, 0.6) is 0 Å². The highest BCUT2D eigenvalue weighted by Crippen LogP contribution is 2.26. The largest absolute Gasteiger partial charge is 0.366 e. The molecule has 1 aromatic heterocycles. The normalized spacial score (nSPS) is 16.6. The van der Waals surface area contributed by atoms with Crippen molar-refractivity contribution in [1.82, 2.24) is 14.4 Å². The highest BCUT2D eigenvalue weighted by molar-refractivity contribution is 6.12. The third-order valence-corrected chi connectivity index (χ3v) is 7.89. The summed E-state index contributed by atoms with van der Waals surface area (Å²) in [6.07, 6.45) is 2.12. The summed E-state index contributed by atoms with van der Waals surface area (Å²) in [5.74, 6) is -1.96. The van der Waals surface area contributed by atoms with E-state index in [0.717, 1.165) is 10.6 Å². The predicted molar refractivity (Wildman–Crippen MR) is 152 cm³/mol. The molecule has 0 bridgehead atoms. The zero-order valence-electron chi connectivity index (χ0n) is 22.8. The number of benzene rings is 2. The van der Waals surface area contributed by atoms with Crippen LogP contribution in [0.4, 0.5) is 15.8 Å². The van der Waals surface area contributed by atoms with Gasteiger partial charge in [0.25, 0.3) is 17.2 Å². The minimum atomic E-state index is -1.54. The molecule has 2 aliphatic rings. The van der Waals surface area contributed by atoms with Crippen molar-refractivity contribution in [2.45, 2.75) is 18.9 Å². The van der Waals surface area contributed by atoms with Gasteiger partial charge in [-0.2, -0.15) is 0 Å². The molecule has 1 unspecified atom stereocenters. The number of rotatable bonds is 7. The van der Waals surface area contributed by atoms with Crippen LogP contribution in [0.15, 0.2) is 77.7 Å². The Bertz CT molecular complexity index is 1560. The molecule has 2 amide bonds. The van der Waals surface area contributed by atoms with E-state index in [1.54, 1.807) is 23.1 Å². The van der Waals surface area contributed by atoms with Crippen molar-refractivity contribution >= 4 is 29.0 Å². The van der Waals surface area contributed by atoms with Gasteiger partial charge in [-0.1, -0.05) is 30.3 Å². The van der Waals surface area contributed by atoms with E-state index in [4.69, 9.17) is 0 Å². The number of nitrogens with zero attached hydrogens (tertiary/aromatic N) is 5. The number of para-hydroxylation sites is 1. The lowest BCUT2D eigenvalue weighted by Gasteiger charge is -2.39. The number of Topliss-reactive ketones (excluding diaryl/α,β-unsaturated/α-hetero) is 1. The second-order valence-electron chi connectivity index (χ2n) is 10.4. The summed E-state index contributed by atoms with van der Waals surface area (Å²) in [7, 11) is 0. The van der Waals surface area contributed by atoms with Gasteiger partial charge in [0.2, 0.25) is 5.91 Å². The summed E-state index contributed by atoms with van der Waals surface area (Å²) in [4.78, 5) is 69.1. The predicted octanol–water partition coefficient (Wildman–Crippen LogP) is 2.91. The molecular formula is C30H30FN5O6. The van der Waals surface area contributed by atoms with E-state index >= 15 is 0 Å². The summed E-state index contributed by atoms with van der Waals surface area (Å²) in [5, 5.41) is 11.3. The first-order chi connectivity index (χ1) is 20.2. The molecule has 3 heterocycles. The molecule has 3 aromatic rings. The monoisotopic (exact) mass is 575 g/mol. The number of piperazine rings is 1. The molecule has 2 fully saturated rings. The van der Waals surface area contributed by atoms with Gasteiger partial charge in [-0.3, -0.25) is 33.9 Å². The Morgan fingerprint density at radius 2 is 1.55 bits per heavy atom. The van der Waals surface area contributed by atoms with Gasteiger partial charge in [0.15, 0.2) is 11.8 Å². The number of carbonyl (C=O) groups excluding carboxylic acids is 3. The molecule has 0 aliphatic carbocycles. The lowest BCUT2D eigenvalue weighted by molar-refractivity contribution is -0.384. The molecule has 1 atom stereocenters. The van der Waals surface area contributed by atoms with Crippen LogP contribution in [0.1, 0.15) is 29.2 Å². The van der Waals surface area contributed by atoms with Crippen molar-refractivity contribution in [3.63, 3.8) is 0 Å². The summed E-state index contributed by atoms with van der Waals surface area (Å²) in [5.41, 5.74) is -0.406. The Morgan fingerprint density at radius 1 is 0.857 bits per heavy atom. The summed E-state index contributed by atoms with van der Waals surface area (Å²) in [6, 6.07) is 14.3. The number of halogens is 1. The van der Waals surface area contributed by atoms with Gasteiger partial charge in [0.05, 0.1) is 10.6 Å². The number of likely N-dealkylation sites (tertiary alicyclic amines) is 1. The van der Waals surface area contributed by atoms with Crippen LogP contribution in [0.25, 0.3) is 0 Å². The average Bonchev–Trinajstić information content (AvgIpc) is 3.02. The smallest absolute Gasteiger partial charge is 0.270 e. The van der Waals surface area contributed by atoms with Gasteiger partial charge in [0.1, 0.15) is 5.82 Å². The molecule has 218 valence electrons. The molecule has 2 saturated heterocycles. The highest BCUT2D eigenvalue weighted by Gasteiger charge is 2.38. The molecule has 0 radical (unpaired) electrons. The number of ketones is 1. The maximum absolute atomic E-state index is 14.2. The summed E-state index contributed by atoms with van der Waals surface area (Å²) < 4.78 is 15.2. The van der Waals surface area contributed by atoms with Gasteiger partial charge in [0, 0.05) is 75.1 Å². The molecule has 2 aliphatic heterocycles. The lowest BCUT2D eigenvalue weighted by Crippen LogP contribution is -2.53. The zero-order chi connectivity index (χ0) is 29.8. The van der Waals surface area contributed by atoms with Crippen molar-refractivity contribution in [2.75, 3.05) is 44.2 Å². The third-order valence-electron chi connectivity index (χ3n) is 7.89. The van der Waals surface area contributed by atoms with Gasteiger partial charge >= 0.3 is 0 Å². The minimum Gasteiger partial charge on any atom is -0.366 e. The minimum absolute atomic E-state index is 0.0150. The Balaban J connectivity index is 1.25. The van der Waals surface area contributed by atoms with Crippen LogP contribution < -0.4 is 10.5 Å². The van der Waals surface area contributed by atoms with Crippen LogP contribution in [0.2, 0.25) is 0 Å². The molecule has 2 aromatic carbocycles. The van der Waals surface area contributed by atoms with E-state index in [9.17, 15) is 33.7 Å². The van der Waals surface area contributed by atoms with Gasteiger partial charge in [-0.25, -0.2) is 4.39 Å². The number of amides is 2. The van der Waals surface area contributed by atoms with E-state index in [-0.39, 0.29) is 42.0 Å². The van der Waals surface area contributed by atoms with Crippen LogP contribution in [-0.2, 0) is 9.59 Å². The van der Waals surface area contributed by atoms with Crippen LogP contribution in [0, 0.1) is 21.8 Å². The van der Waals surface area contributed by atoms with Crippen LogP contribution >= 0.6 is 0 Å². The summed E-state index contributed by atoms with van der Waals surface area (Å²) in [6.45, 7) is 2.37. The number of carbonyl (C=O) groups is 3. The van der Waals surface area contributed by atoms with E-state index in [1.807, 2.05) is 4.90 Å². The number of aromatic nitrogens is 1. The number of hydrogen-bond donors (Lipinski definition) is 0. The number of hydrogen-bond acceptors (Lipinski definition) is 7. The van der Waals surface area contributed by atoms with E-state index in [2.05, 4.69) is 0 Å². The second kappa shape index (κ2) is 12.3. The summed E-state index contributed by atoms with van der Waals surface area (Å²) >= 11 is 0. The third kappa shape index (κ3) is 5.92. The fourth-order valence-electron chi connectivity index (χ4n) is 5.60. The van der Waals surface area contributed by atoms with Crippen LogP contribution in [-0.4, -0.2) is 76.2 Å². The zero-order valence-corrected chi connectivity index (χ0v) is 22.8. The first-order valence-corrected chi connectivity index (χ1v) is 13.8. The highest BCUT2D eigenvalue weighted by atomic mass is 19.1. The molecule has 5 rings (SSSR count). The maximum atomic E-state index is 14.2. The molecule has 42 heavy (non-hydrogen) atoms. The average molecular weight is 576 g/mol. The number of piperidine rings is 1. The molecule has 0 N–H and O–H groups in total. The Kier molecular flexibility index (Phi) is 8.41. The fraction of sp³-hybridized carbons (Fsp3) is 0.333. The van der Waals surface area contributed by atoms with Gasteiger partial charge in [-0.05, 0) is 31.0 Å². The number of pyridine rings is 1. The molecule has 0 spiro atoms. The fourth-order valence-corrected chi connectivity index (χ4v) is 5.60. The first-order valence-electron chi connectivity index (χ1n) is 13.8. The lowest BCUT2D eigenvalue weighted by atomic mass is 9.93. The maximum Gasteiger partial charge on any atom is 0.270 e. The standard InChI is InChI=1S/C30H30FN5O6/c31-24-8-1-2-9-25(24)32-16-18-34(19-17-32)29(39)21-11-14-33(15-12-21)30(40)27(35-13-4-3-10-26(35)37)28(38)22-6-5-7-23(20-22)36(41)42/h1-10,13,20-21,27H,11-12,14-19H2. The van der Waals surface area contributed by atoms with Crippen molar-refractivity contribution in [2.24, 2.45) is 5.92 Å².